The molecule has 0 fully saturated rings. The Morgan fingerprint density at radius 2 is 2.06 bits per heavy atom. The molecule has 1 aromatic heterocycles. The molecule has 0 amide bonds. The molecule has 0 spiro atoms. The summed E-state index contributed by atoms with van der Waals surface area (Å²) in [4.78, 5) is 11.8. The van der Waals surface area contributed by atoms with E-state index in [9.17, 15) is 4.79 Å². The molecule has 0 aliphatic carbocycles. The van der Waals surface area contributed by atoms with Crippen LogP contribution in [0.3, 0.4) is 0 Å². The Bertz CT molecular complexity index is 517. The Morgan fingerprint density at radius 3 is 2.71 bits per heavy atom. The average molecular weight is 230 g/mol. The van der Waals surface area contributed by atoms with E-state index < -0.39 is 0 Å². The predicted molar refractivity (Wildman–Crippen MR) is 64.6 cm³/mol. The summed E-state index contributed by atoms with van der Waals surface area (Å²) in [6, 6.07) is 9.60. The van der Waals surface area contributed by atoms with Crippen molar-refractivity contribution in [2.45, 2.75) is 6.92 Å². The van der Waals surface area contributed by atoms with Gasteiger partial charge in [0.05, 0.1) is 6.61 Å². The minimum atomic E-state index is -0.334. The third-order valence-corrected chi connectivity index (χ3v) is 2.37. The smallest absolute Gasteiger partial charge is 0.341 e. The molecule has 2 rings (SSSR count). The average Bonchev–Trinajstić information content (AvgIpc) is 2.73. The fourth-order valence-electron chi connectivity index (χ4n) is 1.66. The maximum Gasteiger partial charge on any atom is 0.341 e. The summed E-state index contributed by atoms with van der Waals surface area (Å²) in [5.74, 6) is -0.334. The van der Waals surface area contributed by atoms with Crippen LogP contribution in [-0.2, 0) is 11.8 Å². The minimum absolute atomic E-state index is 0.334. The van der Waals surface area contributed by atoms with Crippen LogP contribution in [0.1, 0.15) is 17.3 Å². The zero-order valence-corrected chi connectivity index (χ0v) is 9.88. The van der Waals surface area contributed by atoms with Gasteiger partial charge in [0.15, 0.2) is 0 Å². The fraction of sp³-hybridized carbons (Fsp3) is 0.231. The van der Waals surface area contributed by atoms with Gasteiger partial charge < -0.3 is 4.74 Å². The van der Waals surface area contributed by atoms with Gasteiger partial charge in [-0.3, -0.25) is 4.68 Å². The van der Waals surface area contributed by atoms with Gasteiger partial charge in [0.2, 0.25) is 0 Å². The van der Waals surface area contributed by atoms with Crippen LogP contribution in [0.15, 0.2) is 36.5 Å². The number of hydrogen-bond donors (Lipinski definition) is 0. The van der Waals surface area contributed by atoms with Crippen molar-refractivity contribution < 1.29 is 9.53 Å². The Morgan fingerprint density at radius 1 is 1.35 bits per heavy atom. The van der Waals surface area contributed by atoms with Gasteiger partial charge in [-0.15, -0.1) is 0 Å². The number of esters is 1. The second kappa shape index (κ2) is 4.82. The zero-order chi connectivity index (χ0) is 12.3. The molecule has 0 saturated heterocycles. The third kappa shape index (κ3) is 2.36. The monoisotopic (exact) mass is 230 g/mol. The van der Waals surface area contributed by atoms with Gasteiger partial charge in [-0.25, -0.2) is 4.79 Å². The Hall–Kier alpha value is -2.10. The molecule has 2 aromatic rings. The molecular weight excluding hydrogens is 216 g/mol. The second-order valence-corrected chi connectivity index (χ2v) is 3.65. The molecule has 1 heterocycles. The maximum atomic E-state index is 11.8. The highest BCUT2D eigenvalue weighted by Crippen LogP contribution is 2.22. The van der Waals surface area contributed by atoms with Gasteiger partial charge in [0, 0.05) is 18.8 Å². The molecule has 0 radical (unpaired) electrons. The van der Waals surface area contributed by atoms with E-state index in [1.54, 1.807) is 24.9 Å². The summed E-state index contributed by atoms with van der Waals surface area (Å²) in [7, 11) is 1.79. The van der Waals surface area contributed by atoms with E-state index in [-0.39, 0.29) is 5.97 Å². The van der Waals surface area contributed by atoms with Gasteiger partial charge >= 0.3 is 5.97 Å². The Labute approximate surface area is 99.8 Å². The van der Waals surface area contributed by atoms with Gasteiger partial charge in [0.1, 0.15) is 11.3 Å². The van der Waals surface area contributed by atoms with Crippen LogP contribution in [0.25, 0.3) is 11.3 Å². The summed E-state index contributed by atoms with van der Waals surface area (Å²) >= 11 is 0. The molecule has 0 N–H and O–H groups in total. The molecule has 88 valence electrons. The summed E-state index contributed by atoms with van der Waals surface area (Å²) in [6.45, 7) is 2.15. The Balaban J connectivity index is 2.44. The van der Waals surface area contributed by atoms with E-state index in [4.69, 9.17) is 4.74 Å². The van der Waals surface area contributed by atoms with Crippen molar-refractivity contribution >= 4 is 5.97 Å². The lowest BCUT2D eigenvalue weighted by Crippen LogP contribution is -2.04. The van der Waals surface area contributed by atoms with E-state index in [2.05, 4.69) is 5.10 Å². The topological polar surface area (TPSA) is 44.1 Å². The minimum Gasteiger partial charge on any atom is -0.462 e. The zero-order valence-electron chi connectivity index (χ0n) is 9.88. The molecule has 17 heavy (non-hydrogen) atoms. The normalized spacial score (nSPS) is 10.2. The number of hydrogen-bond acceptors (Lipinski definition) is 3. The SMILES string of the molecule is CCOC(=O)c1cn(C)nc1-c1ccccc1. The first-order chi connectivity index (χ1) is 8.22. The number of aromatic nitrogens is 2. The van der Waals surface area contributed by atoms with Crippen LogP contribution in [0, 0.1) is 0 Å². The highest BCUT2D eigenvalue weighted by atomic mass is 16.5. The van der Waals surface area contributed by atoms with E-state index in [0.29, 0.717) is 17.9 Å². The highest BCUT2D eigenvalue weighted by Gasteiger charge is 2.17. The van der Waals surface area contributed by atoms with Crippen LogP contribution in [0.5, 0.6) is 0 Å². The van der Waals surface area contributed by atoms with Gasteiger partial charge in [-0.05, 0) is 6.92 Å². The molecule has 0 bridgehead atoms. The fourth-order valence-corrected chi connectivity index (χ4v) is 1.66. The standard InChI is InChI=1S/C13H14N2O2/c1-3-17-13(16)11-9-15(2)14-12(11)10-7-5-4-6-8-10/h4-9H,3H2,1-2H3. The number of rotatable bonds is 3. The van der Waals surface area contributed by atoms with E-state index in [1.807, 2.05) is 30.3 Å². The quantitative estimate of drug-likeness (QED) is 0.760. The van der Waals surface area contributed by atoms with Gasteiger partial charge in [-0.2, -0.15) is 5.10 Å². The van der Waals surface area contributed by atoms with Crippen molar-refractivity contribution in [2.75, 3.05) is 6.61 Å². The number of aryl methyl sites for hydroxylation is 1. The molecule has 0 saturated carbocycles. The van der Waals surface area contributed by atoms with Crippen molar-refractivity contribution in [3.63, 3.8) is 0 Å². The summed E-state index contributed by atoms with van der Waals surface area (Å²) in [5, 5.41) is 4.30. The number of ether oxygens (including phenoxy) is 1. The number of carbonyl (C=O) groups is 1. The molecule has 0 atom stereocenters. The van der Waals surface area contributed by atoms with Gasteiger partial charge in [-0.1, -0.05) is 30.3 Å². The molecule has 4 nitrogen and oxygen atoms in total. The van der Waals surface area contributed by atoms with Crippen LogP contribution < -0.4 is 0 Å². The first-order valence-electron chi connectivity index (χ1n) is 5.48. The van der Waals surface area contributed by atoms with Crippen molar-refractivity contribution in [3.8, 4) is 11.3 Å². The molecule has 0 aliphatic rings. The molecule has 0 aliphatic heterocycles. The Kier molecular flexibility index (Phi) is 3.23. The van der Waals surface area contributed by atoms with Crippen molar-refractivity contribution in [1.82, 2.24) is 9.78 Å². The lowest BCUT2D eigenvalue weighted by molar-refractivity contribution is 0.0527. The second-order valence-electron chi connectivity index (χ2n) is 3.65. The first-order valence-corrected chi connectivity index (χ1v) is 5.48. The molecule has 4 heteroatoms. The predicted octanol–water partition coefficient (Wildman–Crippen LogP) is 2.26. The largest absolute Gasteiger partial charge is 0.462 e. The van der Waals surface area contributed by atoms with Gasteiger partial charge in [0.25, 0.3) is 0 Å². The lowest BCUT2D eigenvalue weighted by atomic mass is 10.1. The van der Waals surface area contributed by atoms with Crippen molar-refractivity contribution in [1.29, 1.82) is 0 Å². The number of benzene rings is 1. The van der Waals surface area contributed by atoms with Crippen molar-refractivity contribution in [2.24, 2.45) is 7.05 Å². The number of nitrogens with zero attached hydrogens (tertiary/aromatic N) is 2. The van der Waals surface area contributed by atoms with Crippen LogP contribution in [-0.4, -0.2) is 22.4 Å². The summed E-state index contributed by atoms with van der Waals surface area (Å²) < 4.78 is 6.63. The number of carbonyl (C=O) groups excluding carboxylic acids is 1. The summed E-state index contributed by atoms with van der Waals surface area (Å²) in [5.41, 5.74) is 2.07. The van der Waals surface area contributed by atoms with Crippen LogP contribution in [0.4, 0.5) is 0 Å². The van der Waals surface area contributed by atoms with E-state index >= 15 is 0 Å². The maximum absolute atomic E-state index is 11.8. The molecular formula is C13H14N2O2. The molecule has 1 aromatic carbocycles. The van der Waals surface area contributed by atoms with E-state index in [0.717, 1.165) is 5.56 Å². The van der Waals surface area contributed by atoms with Crippen LogP contribution in [0.2, 0.25) is 0 Å². The lowest BCUT2D eigenvalue weighted by Gasteiger charge is -2.01. The third-order valence-electron chi connectivity index (χ3n) is 2.37. The van der Waals surface area contributed by atoms with Crippen molar-refractivity contribution in [3.05, 3.63) is 42.1 Å². The highest BCUT2D eigenvalue weighted by molar-refractivity contribution is 5.95. The van der Waals surface area contributed by atoms with E-state index in [1.165, 1.54) is 0 Å². The molecule has 0 unspecified atom stereocenters. The van der Waals surface area contributed by atoms with Crippen LogP contribution >= 0.6 is 0 Å². The first kappa shape index (κ1) is 11.4. The summed E-state index contributed by atoms with van der Waals surface area (Å²) in [6.07, 6.45) is 1.68.